The number of carbonyl (C=O) groups excluding carboxylic acids is 1. The highest BCUT2D eigenvalue weighted by atomic mass is 32.1. The first kappa shape index (κ1) is 18.5. The minimum Gasteiger partial charge on any atom is -0.321 e. The highest BCUT2D eigenvalue weighted by Gasteiger charge is 2.54. The third-order valence-corrected chi connectivity index (χ3v) is 8.34. The van der Waals surface area contributed by atoms with Crippen molar-refractivity contribution in [2.24, 2.45) is 34.1 Å². The van der Waals surface area contributed by atoms with Gasteiger partial charge < -0.3 is 4.57 Å². The average Bonchev–Trinajstić information content (AvgIpc) is 2.81. The number of carbonyl (C=O) groups is 1. The first-order chi connectivity index (χ1) is 12.4. The lowest BCUT2D eigenvalue weighted by Gasteiger charge is -2.55. The third kappa shape index (κ3) is 3.34. The molecule has 1 aromatic rings. The Balaban J connectivity index is 1.60. The van der Waals surface area contributed by atoms with E-state index in [1.165, 1.54) is 36.3 Å². The second-order valence-electron chi connectivity index (χ2n) is 9.83. The zero-order valence-corrected chi connectivity index (χ0v) is 17.7. The smallest absolute Gasteiger partial charge is 0.254 e. The molecule has 0 unspecified atom stereocenters. The van der Waals surface area contributed by atoms with Crippen LogP contribution in [0.5, 0.6) is 0 Å². The van der Waals surface area contributed by atoms with E-state index in [1.54, 1.807) is 11.3 Å². The number of rotatable bonds is 5. The molecule has 4 aliphatic rings. The summed E-state index contributed by atoms with van der Waals surface area (Å²) in [6, 6.07) is 0. The van der Waals surface area contributed by atoms with Gasteiger partial charge in [-0.15, -0.1) is 11.3 Å². The molecule has 3 nitrogen and oxygen atoms in total. The predicted octanol–water partition coefficient (Wildman–Crippen LogP) is 5.25. The van der Waals surface area contributed by atoms with E-state index in [2.05, 4.69) is 32.3 Å². The van der Waals surface area contributed by atoms with Gasteiger partial charge >= 0.3 is 0 Å². The van der Waals surface area contributed by atoms with Gasteiger partial charge in [-0.25, -0.2) is 0 Å². The van der Waals surface area contributed by atoms with Crippen molar-refractivity contribution in [3.63, 3.8) is 0 Å². The minimum atomic E-state index is -0.115. The zero-order valence-electron chi connectivity index (χ0n) is 16.9. The minimum absolute atomic E-state index is 0.115. The van der Waals surface area contributed by atoms with E-state index in [0.29, 0.717) is 0 Å². The van der Waals surface area contributed by atoms with Crippen LogP contribution in [0.2, 0.25) is 0 Å². The van der Waals surface area contributed by atoms with Crippen molar-refractivity contribution >= 4 is 17.2 Å². The molecular formula is C22H34N2OS. The van der Waals surface area contributed by atoms with Gasteiger partial charge in [-0.05, 0) is 88.9 Å². The number of hydrogen-bond acceptors (Lipinski definition) is 2. The molecule has 144 valence electrons. The molecule has 1 amide bonds. The Hall–Kier alpha value is -0.900. The lowest BCUT2D eigenvalue weighted by Crippen LogP contribution is -2.50. The Kier molecular flexibility index (Phi) is 4.92. The third-order valence-electron chi connectivity index (χ3n) is 7.24. The Morgan fingerprint density at radius 3 is 2.27 bits per heavy atom. The van der Waals surface area contributed by atoms with Crippen LogP contribution in [0.4, 0.5) is 0 Å². The van der Waals surface area contributed by atoms with Gasteiger partial charge in [-0.3, -0.25) is 4.79 Å². The summed E-state index contributed by atoms with van der Waals surface area (Å²) in [5, 5.41) is 0. The summed E-state index contributed by atoms with van der Waals surface area (Å²) in [6.45, 7) is 9.88. The van der Waals surface area contributed by atoms with Crippen molar-refractivity contribution in [3.05, 3.63) is 15.4 Å². The molecule has 1 aromatic heterocycles. The SMILES string of the molecule is Cc1s/c(=N\C(=O)C23CC4CC(CC(C4)C2)C3)n(CCCC(C)C)c1C. The molecule has 4 aliphatic carbocycles. The molecule has 4 saturated carbocycles. The Morgan fingerprint density at radius 2 is 1.73 bits per heavy atom. The van der Waals surface area contributed by atoms with Crippen LogP contribution in [0.3, 0.4) is 0 Å². The molecule has 0 atom stereocenters. The fraction of sp³-hybridized carbons (Fsp3) is 0.818. The van der Waals surface area contributed by atoms with Gasteiger partial charge in [0.1, 0.15) is 0 Å². The first-order valence-corrected chi connectivity index (χ1v) is 11.4. The molecule has 0 aliphatic heterocycles. The number of amides is 1. The van der Waals surface area contributed by atoms with Crippen molar-refractivity contribution in [1.29, 1.82) is 0 Å². The summed E-state index contributed by atoms with van der Waals surface area (Å²) < 4.78 is 2.31. The maximum atomic E-state index is 13.3. The summed E-state index contributed by atoms with van der Waals surface area (Å²) >= 11 is 1.71. The van der Waals surface area contributed by atoms with Crippen molar-refractivity contribution in [2.45, 2.75) is 85.6 Å². The summed E-state index contributed by atoms with van der Waals surface area (Å²) in [7, 11) is 0. The normalized spacial score (nSPS) is 33.4. The zero-order chi connectivity index (χ0) is 18.5. The molecule has 5 rings (SSSR count). The van der Waals surface area contributed by atoms with Crippen LogP contribution in [0.25, 0.3) is 0 Å². The van der Waals surface area contributed by atoms with Gasteiger partial charge in [0.25, 0.3) is 5.91 Å². The monoisotopic (exact) mass is 374 g/mol. The molecular weight excluding hydrogens is 340 g/mol. The van der Waals surface area contributed by atoms with E-state index in [0.717, 1.165) is 60.7 Å². The topological polar surface area (TPSA) is 34.4 Å². The van der Waals surface area contributed by atoms with Gasteiger partial charge in [0.05, 0.1) is 5.41 Å². The maximum Gasteiger partial charge on any atom is 0.254 e. The largest absolute Gasteiger partial charge is 0.321 e. The van der Waals surface area contributed by atoms with Crippen molar-refractivity contribution in [2.75, 3.05) is 0 Å². The van der Waals surface area contributed by atoms with E-state index in [1.807, 2.05) is 0 Å². The second-order valence-corrected chi connectivity index (χ2v) is 11.0. The predicted molar refractivity (Wildman–Crippen MR) is 107 cm³/mol. The van der Waals surface area contributed by atoms with Crippen LogP contribution >= 0.6 is 11.3 Å². The van der Waals surface area contributed by atoms with Crippen molar-refractivity contribution in [3.8, 4) is 0 Å². The highest BCUT2D eigenvalue weighted by molar-refractivity contribution is 7.09. The molecule has 0 radical (unpaired) electrons. The molecule has 26 heavy (non-hydrogen) atoms. The van der Waals surface area contributed by atoms with Gasteiger partial charge in [0.2, 0.25) is 0 Å². The van der Waals surface area contributed by atoms with E-state index in [9.17, 15) is 4.79 Å². The maximum absolute atomic E-state index is 13.3. The van der Waals surface area contributed by atoms with Gasteiger partial charge in [-0.1, -0.05) is 13.8 Å². The van der Waals surface area contributed by atoms with E-state index in [-0.39, 0.29) is 11.3 Å². The van der Waals surface area contributed by atoms with E-state index in [4.69, 9.17) is 4.99 Å². The Labute approximate surface area is 161 Å². The molecule has 4 bridgehead atoms. The number of hydrogen-bond donors (Lipinski definition) is 0. The van der Waals surface area contributed by atoms with Gasteiger partial charge in [0.15, 0.2) is 4.80 Å². The summed E-state index contributed by atoms with van der Waals surface area (Å²) in [6.07, 6.45) is 9.84. The molecule has 4 heteroatoms. The molecule has 0 N–H and O–H groups in total. The molecule has 4 fully saturated rings. The fourth-order valence-electron chi connectivity index (χ4n) is 6.18. The van der Waals surface area contributed by atoms with Crippen LogP contribution in [0.1, 0.15) is 75.8 Å². The van der Waals surface area contributed by atoms with Crippen LogP contribution < -0.4 is 4.80 Å². The van der Waals surface area contributed by atoms with E-state index >= 15 is 0 Å². The molecule has 0 spiro atoms. The van der Waals surface area contributed by atoms with Gasteiger partial charge in [-0.2, -0.15) is 4.99 Å². The lowest BCUT2D eigenvalue weighted by molar-refractivity contribution is -0.142. The van der Waals surface area contributed by atoms with Crippen LogP contribution in [-0.4, -0.2) is 10.5 Å². The average molecular weight is 375 g/mol. The lowest BCUT2D eigenvalue weighted by atomic mass is 9.49. The summed E-state index contributed by atoms with van der Waals surface area (Å²) in [5.41, 5.74) is 1.17. The van der Waals surface area contributed by atoms with Gasteiger partial charge in [0, 0.05) is 17.1 Å². The second kappa shape index (κ2) is 6.92. The number of aryl methyl sites for hydroxylation is 1. The van der Waals surface area contributed by atoms with E-state index < -0.39 is 0 Å². The van der Waals surface area contributed by atoms with Crippen LogP contribution in [0.15, 0.2) is 4.99 Å². The van der Waals surface area contributed by atoms with Crippen LogP contribution in [-0.2, 0) is 11.3 Å². The molecule has 0 aromatic carbocycles. The number of nitrogens with zero attached hydrogens (tertiary/aromatic N) is 2. The van der Waals surface area contributed by atoms with Crippen molar-refractivity contribution < 1.29 is 4.79 Å². The fourth-order valence-corrected chi connectivity index (χ4v) is 7.18. The standard InChI is InChI=1S/C22H34N2OS/c1-14(2)6-5-7-24-15(3)16(4)26-21(24)23-20(25)22-11-17-8-18(12-22)10-19(9-17)13-22/h14,17-19H,5-13H2,1-4H3/b23-21-. The number of aromatic nitrogens is 1. The Morgan fingerprint density at radius 1 is 1.15 bits per heavy atom. The number of thiazole rings is 1. The molecule has 0 saturated heterocycles. The molecule has 1 heterocycles. The summed E-state index contributed by atoms with van der Waals surface area (Å²) in [4.78, 5) is 20.4. The van der Waals surface area contributed by atoms with Crippen molar-refractivity contribution in [1.82, 2.24) is 4.57 Å². The highest BCUT2D eigenvalue weighted by Crippen LogP contribution is 2.60. The van der Waals surface area contributed by atoms with Crippen LogP contribution in [0, 0.1) is 42.9 Å². The quantitative estimate of drug-likeness (QED) is 0.693. The first-order valence-electron chi connectivity index (χ1n) is 10.6. The summed E-state index contributed by atoms with van der Waals surface area (Å²) in [5.74, 6) is 3.32. The Bertz CT molecular complexity index is 719.